The van der Waals surface area contributed by atoms with Crippen molar-refractivity contribution < 1.29 is 14.3 Å². The van der Waals surface area contributed by atoms with Gasteiger partial charge >= 0.3 is 0 Å². The summed E-state index contributed by atoms with van der Waals surface area (Å²) < 4.78 is 11.6. The number of ether oxygens (including phenoxy) is 2. The van der Waals surface area contributed by atoms with Crippen LogP contribution in [0.1, 0.15) is 74.0 Å². The molecule has 2 heterocycles. The van der Waals surface area contributed by atoms with Gasteiger partial charge in [0.1, 0.15) is 0 Å². The largest absolute Gasteiger partial charge is 0.493 e. The maximum atomic E-state index is 13.2. The first-order valence-corrected chi connectivity index (χ1v) is 12.8. The van der Waals surface area contributed by atoms with E-state index >= 15 is 0 Å². The molecular formula is C29H39N3O3. The third-order valence-corrected chi connectivity index (χ3v) is 7.12. The van der Waals surface area contributed by atoms with Gasteiger partial charge in [-0.05, 0) is 84.5 Å². The van der Waals surface area contributed by atoms with Crippen molar-refractivity contribution in [1.82, 2.24) is 9.80 Å². The first-order valence-electron chi connectivity index (χ1n) is 12.8. The molecule has 0 N–H and O–H groups in total. The predicted molar refractivity (Wildman–Crippen MR) is 141 cm³/mol. The van der Waals surface area contributed by atoms with Crippen LogP contribution in [0.3, 0.4) is 0 Å². The van der Waals surface area contributed by atoms with Gasteiger partial charge in [-0.25, -0.2) is 0 Å². The Morgan fingerprint density at radius 3 is 2.40 bits per heavy atom. The highest BCUT2D eigenvalue weighted by molar-refractivity contribution is 6.15. The molecule has 1 saturated heterocycles. The van der Waals surface area contributed by atoms with Crippen LogP contribution in [0, 0.1) is 0 Å². The molecule has 2 aromatic rings. The van der Waals surface area contributed by atoms with E-state index in [1.165, 1.54) is 5.56 Å². The number of methoxy groups -OCH3 is 1. The van der Waals surface area contributed by atoms with Crippen molar-refractivity contribution in [3.05, 3.63) is 58.7 Å². The highest BCUT2D eigenvalue weighted by Gasteiger charge is 2.36. The quantitative estimate of drug-likeness (QED) is 0.564. The van der Waals surface area contributed by atoms with Gasteiger partial charge < -0.3 is 19.3 Å². The topological polar surface area (TPSA) is 54.4 Å². The van der Waals surface area contributed by atoms with E-state index in [9.17, 15) is 4.79 Å². The number of fused-ring (bicyclic) bond motifs is 3. The van der Waals surface area contributed by atoms with Crippen LogP contribution in [0.4, 0.5) is 0 Å². The Labute approximate surface area is 209 Å². The van der Waals surface area contributed by atoms with Crippen LogP contribution in [0.2, 0.25) is 0 Å². The maximum absolute atomic E-state index is 13.2. The minimum Gasteiger partial charge on any atom is -0.493 e. The molecule has 0 unspecified atom stereocenters. The molecule has 6 nitrogen and oxygen atoms in total. The molecule has 188 valence electrons. The summed E-state index contributed by atoms with van der Waals surface area (Å²) in [5, 5.41) is 0. The first-order chi connectivity index (χ1) is 16.7. The number of carbonyl (C=O) groups excluding carboxylic acids is 1. The van der Waals surface area contributed by atoms with Gasteiger partial charge in [0.2, 0.25) is 0 Å². The monoisotopic (exact) mass is 477 g/mol. The Morgan fingerprint density at radius 2 is 1.80 bits per heavy atom. The van der Waals surface area contributed by atoms with Gasteiger partial charge in [-0.2, -0.15) is 0 Å². The second kappa shape index (κ2) is 10.4. The number of aliphatic imine (C=N–C) groups is 1. The van der Waals surface area contributed by atoms with Crippen molar-refractivity contribution in [2.45, 2.75) is 65.1 Å². The van der Waals surface area contributed by atoms with Gasteiger partial charge in [-0.3, -0.25) is 9.79 Å². The number of likely N-dealkylation sites (N-methyl/N-ethyl adjacent to an activating group) is 1. The number of amides is 1. The summed E-state index contributed by atoms with van der Waals surface area (Å²) in [6.45, 7) is 12.8. The van der Waals surface area contributed by atoms with Crippen molar-refractivity contribution in [3.63, 3.8) is 0 Å². The highest BCUT2D eigenvalue weighted by Crippen LogP contribution is 2.42. The summed E-state index contributed by atoms with van der Waals surface area (Å²) in [4.78, 5) is 22.7. The lowest BCUT2D eigenvalue weighted by molar-refractivity contribution is 0.0643. The van der Waals surface area contributed by atoms with Crippen LogP contribution >= 0.6 is 0 Å². The first kappa shape index (κ1) is 25.2. The summed E-state index contributed by atoms with van der Waals surface area (Å²) in [7, 11) is 3.85. The van der Waals surface area contributed by atoms with Crippen LogP contribution in [0.25, 0.3) is 0 Å². The zero-order chi connectivity index (χ0) is 25.3. The molecule has 2 aromatic carbocycles. The van der Waals surface area contributed by atoms with E-state index in [1.807, 2.05) is 36.1 Å². The SMILES string of the molecule is CCOc1cc2c(cc1OC)C(c1ccc(C(=O)N(C(C)C)C(C)C)cc1)=N[C@H]1CCN(C)C[C@@H]21. The van der Waals surface area contributed by atoms with Gasteiger partial charge in [-0.1, -0.05) is 12.1 Å². The molecular weight excluding hydrogens is 438 g/mol. The summed E-state index contributed by atoms with van der Waals surface area (Å²) in [6, 6.07) is 12.7. The number of carbonyl (C=O) groups is 1. The van der Waals surface area contributed by atoms with Crippen molar-refractivity contribution in [3.8, 4) is 11.5 Å². The lowest BCUT2D eigenvalue weighted by Gasteiger charge is -2.39. The Hall–Kier alpha value is -2.86. The number of hydrogen-bond acceptors (Lipinski definition) is 5. The van der Waals surface area contributed by atoms with E-state index in [4.69, 9.17) is 14.5 Å². The summed E-state index contributed by atoms with van der Waals surface area (Å²) in [5.41, 5.74) is 5.05. The molecule has 0 saturated carbocycles. The fourth-order valence-corrected chi connectivity index (χ4v) is 5.53. The molecule has 0 aliphatic carbocycles. The number of hydrogen-bond donors (Lipinski definition) is 0. The molecule has 0 spiro atoms. The molecule has 4 rings (SSSR count). The molecule has 2 aliphatic rings. The van der Waals surface area contributed by atoms with Crippen LogP contribution in [-0.4, -0.2) is 73.4 Å². The zero-order valence-electron chi connectivity index (χ0n) is 22.2. The van der Waals surface area contributed by atoms with Crippen LogP contribution in [0.15, 0.2) is 41.4 Å². The average Bonchev–Trinajstić information content (AvgIpc) is 2.83. The molecule has 0 aromatic heterocycles. The van der Waals surface area contributed by atoms with Crippen molar-refractivity contribution in [2.24, 2.45) is 4.99 Å². The number of nitrogens with zero attached hydrogens (tertiary/aromatic N) is 3. The minimum atomic E-state index is 0.0611. The molecule has 6 heteroatoms. The maximum Gasteiger partial charge on any atom is 0.254 e. The number of likely N-dealkylation sites (tertiary alicyclic amines) is 1. The summed E-state index contributed by atoms with van der Waals surface area (Å²) in [6.07, 6.45) is 1.02. The normalized spacial score (nSPS) is 19.7. The fraction of sp³-hybridized carbons (Fsp3) is 0.517. The standard InChI is InChI=1S/C29H39N3O3/c1-8-35-27-15-22-23(16-26(27)34-7)28(30-25-13-14-31(6)17-24(22)25)20-9-11-21(12-10-20)29(33)32(18(2)3)19(4)5/h9-12,15-16,18-19,24-25H,8,13-14,17H2,1-7H3/t24-,25-/m0/s1. The summed E-state index contributed by atoms with van der Waals surface area (Å²) in [5.74, 6) is 1.89. The third kappa shape index (κ3) is 4.94. The lowest BCUT2D eigenvalue weighted by atomic mass is 9.79. The zero-order valence-corrected chi connectivity index (χ0v) is 22.2. The molecule has 0 radical (unpaired) electrons. The van der Waals surface area contributed by atoms with Gasteiger partial charge in [-0.15, -0.1) is 0 Å². The van der Waals surface area contributed by atoms with Crippen molar-refractivity contribution in [2.75, 3.05) is 33.9 Å². The van der Waals surface area contributed by atoms with E-state index in [1.54, 1.807) is 7.11 Å². The minimum absolute atomic E-state index is 0.0611. The molecule has 1 amide bonds. The fourth-order valence-electron chi connectivity index (χ4n) is 5.53. The smallest absolute Gasteiger partial charge is 0.254 e. The van der Waals surface area contributed by atoms with E-state index in [0.29, 0.717) is 18.1 Å². The van der Waals surface area contributed by atoms with E-state index < -0.39 is 0 Å². The summed E-state index contributed by atoms with van der Waals surface area (Å²) >= 11 is 0. The number of piperidine rings is 1. The van der Waals surface area contributed by atoms with E-state index in [2.05, 4.69) is 51.8 Å². The van der Waals surface area contributed by atoms with Gasteiger partial charge in [0.25, 0.3) is 5.91 Å². The number of rotatable bonds is 7. The second-order valence-electron chi connectivity index (χ2n) is 10.2. The van der Waals surface area contributed by atoms with E-state index in [-0.39, 0.29) is 24.0 Å². The predicted octanol–water partition coefficient (Wildman–Crippen LogP) is 4.99. The average molecular weight is 478 g/mol. The van der Waals surface area contributed by atoms with Crippen molar-refractivity contribution in [1.29, 1.82) is 0 Å². The Bertz CT molecular complexity index is 1080. The van der Waals surface area contributed by atoms with Crippen LogP contribution < -0.4 is 9.47 Å². The highest BCUT2D eigenvalue weighted by atomic mass is 16.5. The number of benzene rings is 2. The van der Waals surface area contributed by atoms with Gasteiger partial charge in [0, 0.05) is 41.2 Å². The van der Waals surface area contributed by atoms with Crippen molar-refractivity contribution >= 4 is 11.6 Å². The molecule has 35 heavy (non-hydrogen) atoms. The van der Waals surface area contributed by atoms with Gasteiger partial charge in [0.15, 0.2) is 11.5 Å². The molecule has 2 atom stereocenters. The van der Waals surface area contributed by atoms with E-state index in [0.717, 1.165) is 47.8 Å². The third-order valence-electron chi connectivity index (χ3n) is 7.12. The second-order valence-corrected chi connectivity index (χ2v) is 10.2. The Morgan fingerprint density at radius 1 is 1.11 bits per heavy atom. The molecule has 1 fully saturated rings. The van der Waals surface area contributed by atoms with Crippen LogP contribution in [0.5, 0.6) is 11.5 Å². The molecule has 0 bridgehead atoms. The molecule has 2 aliphatic heterocycles. The lowest BCUT2D eigenvalue weighted by Crippen LogP contribution is -2.42. The van der Waals surface area contributed by atoms with Gasteiger partial charge in [0.05, 0.1) is 25.5 Å². The van der Waals surface area contributed by atoms with Crippen LogP contribution in [-0.2, 0) is 0 Å². The Balaban J connectivity index is 1.75. The Kier molecular flexibility index (Phi) is 7.50.